The first-order valence-corrected chi connectivity index (χ1v) is 6.44. The van der Waals surface area contributed by atoms with Gasteiger partial charge in [0.05, 0.1) is 9.98 Å². The van der Waals surface area contributed by atoms with Gasteiger partial charge < -0.3 is 4.90 Å². The molecule has 4 heteroatoms. The lowest BCUT2D eigenvalue weighted by Crippen LogP contribution is -2.52. The van der Waals surface area contributed by atoms with Crippen molar-refractivity contribution in [1.29, 1.82) is 0 Å². The highest BCUT2D eigenvalue weighted by molar-refractivity contribution is 9.11. The molecule has 1 saturated heterocycles. The number of halogens is 1. The van der Waals surface area contributed by atoms with Crippen LogP contribution < -0.4 is 4.90 Å². The second-order valence-corrected chi connectivity index (χ2v) is 7.30. The van der Waals surface area contributed by atoms with Crippen LogP contribution in [0.3, 0.4) is 0 Å². The monoisotopic (exact) mass is 274 g/mol. The van der Waals surface area contributed by atoms with E-state index in [1.54, 1.807) is 11.3 Å². The van der Waals surface area contributed by atoms with Gasteiger partial charge in [-0.25, -0.2) is 4.98 Å². The predicted octanol–water partition coefficient (Wildman–Crippen LogP) is 3.39. The van der Waals surface area contributed by atoms with Crippen molar-refractivity contribution in [2.75, 3.05) is 18.0 Å². The minimum atomic E-state index is 0.436. The van der Waals surface area contributed by atoms with Gasteiger partial charge >= 0.3 is 0 Å². The summed E-state index contributed by atoms with van der Waals surface area (Å²) in [6, 6.07) is 0. The van der Waals surface area contributed by atoms with E-state index in [0.29, 0.717) is 5.41 Å². The molecule has 0 aliphatic carbocycles. The first kappa shape index (κ1) is 10.4. The molecule has 0 atom stereocenters. The summed E-state index contributed by atoms with van der Waals surface area (Å²) in [5.41, 5.74) is 0.436. The molecule has 1 aliphatic rings. The van der Waals surface area contributed by atoms with Crippen LogP contribution in [0.2, 0.25) is 0 Å². The Bertz CT molecular complexity index is 323. The van der Waals surface area contributed by atoms with Crippen LogP contribution in [-0.2, 0) is 0 Å². The Morgan fingerprint density at radius 2 is 2.14 bits per heavy atom. The fourth-order valence-electron chi connectivity index (χ4n) is 1.57. The average Bonchev–Trinajstić information content (AvgIpc) is 2.28. The van der Waals surface area contributed by atoms with Crippen molar-refractivity contribution in [1.82, 2.24) is 4.98 Å². The zero-order valence-corrected chi connectivity index (χ0v) is 11.2. The lowest BCUT2D eigenvalue weighted by atomic mass is 9.76. The Morgan fingerprint density at radius 3 is 2.57 bits per heavy atom. The molecule has 0 bridgehead atoms. The standard InChI is InChI=1S/C10H15BrN2S/c1-10(2,3)7-5-13(6-7)9-12-4-8(11)14-9/h4,7H,5-6H2,1-3H3. The summed E-state index contributed by atoms with van der Waals surface area (Å²) in [5, 5.41) is 1.15. The third-order valence-corrected chi connectivity index (χ3v) is 4.38. The second-order valence-electron chi connectivity index (χ2n) is 4.91. The first-order chi connectivity index (χ1) is 6.47. The number of hydrogen-bond acceptors (Lipinski definition) is 3. The van der Waals surface area contributed by atoms with E-state index < -0.39 is 0 Å². The Labute approximate surface area is 97.5 Å². The molecule has 0 unspecified atom stereocenters. The van der Waals surface area contributed by atoms with Crippen molar-refractivity contribution < 1.29 is 0 Å². The molecule has 1 aliphatic heterocycles. The van der Waals surface area contributed by atoms with Crippen LogP contribution >= 0.6 is 27.3 Å². The van der Waals surface area contributed by atoms with Crippen LogP contribution in [0.1, 0.15) is 20.8 Å². The summed E-state index contributed by atoms with van der Waals surface area (Å²) in [5.74, 6) is 0.810. The maximum atomic E-state index is 4.35. The summed E-state index contributed by atoms with van der Waals surface area (Å²) >= 11 is 5.15. The molecule has 2 heterocycles. The number of anilines is 1. The van der Waals surface area contributed by atoms with Gasteiger partial charge in [-0.2, -0.15) is 0 Å². The normalized spacial score (nSPS) is 18.4. The van der Waals surface area contributed by atoms with E-state index in [9.17, 15) is 0 Å². The van der Waals surface area contributed by atoms with E-state index in [0.717, 1.165) is 27.9 Å². The van der Waals surface area contributed by atoms with E-state index in [1.165, 1.54) is 0 Å². The number of aromatic nitrogens is 1. The van der Waals surface area contributed by atoms with Crippen molar-refractivity contribution in [2.24, 2.45) is 11.3 Å². The molecule has 1 aromatic rings. The fraction of sp³-hybridized carbons (Fsp3) is 0.700. The van der Waals surface area contributed by atoms with E-state index in [1.807, 2.05) is 6.20 Å². The van der Waals surface area contributed by atoms with Gasteiger partial charge in [-0.3, -0.25) is 0 Å². The molecule has 1 fully saturated rings. The molecule has 0 radical (unpaired) electrons. The number of nitrogens with zero attached hydrogens (tertiary/aromatic N) is 2. The number of rotatable bonds is 1. The Morgan fingerprint density at radius 1 is 1.50 bits per heavy atom. The maximum Gasteiger partial charge on any atom is 0.186 e. The summed E-state index contributed by atoms with van der Waals surface area (Å²) < 4.78 is 1.12. The Hall–Kier alpha value is -0.0900. The maximum absolute atomic E-state index is 4.35. The van der Waals surface area contributed by atoms with Gasteiger partial charge in [0.1, 0.15) is 0 Å². The van der Waals surface area contributed by atoms with Gasteiger partial charge in [-0.15, -0.1) is 0 Å². The fourth-order valence-corrected chi connectivity index (χ4v) is 2.77. The Balaban J connectivity index is 1.95. The molecule has 78 valence electrons. The van der Waals surface area contributed by atoms with Gasteiger partial charge in [-0.05, 0) is 27.3 Å². The average molecular weight is 275 g/mol. The zero-order chi connectivity index (χ0) is 10.3. The Kier molecular flexibility index (Phi) is 2.60. The van der Waals surface area contributed by atoms with Crippen LogP contribution in [-0.4, -0.2) is 18.1 Å². The van der Waals surface area contributed by atoms with Crippen LogP contribution in [0.15, 0.2) is 9.98 Å². The quantitative estimate of drug-likeness (QED) is 0.781. The third-order valence-electron chi connectivity index (χ3n) is 2.84. The summed E-state index contributed by atoms with van der Waals surface area (Å²) in [4.78, 5) is 6.70. The highest BCUT2D eigenvalue weighted by atomic mass is 79.9. The highest BCUT2D eigenvalue weighted by Gasteiger charge is 2.36. The molecule has 0 amide bonds. The van der Waals surface area contributed by atoms with Crippen LogP contribution in [0.25, 0.3) is 0 Å². The number of thiazole rings is 1. The molecule has 2 nitrogen and oxygen atoms in total. The SMILES string of the molecule is CC(C)(C)C1CN(c2ncc(Br)s2)C1. The molecule has 0 aromatic carbocycles. The molecule has 1 aromatic heterocycles. The summed E-state index contributed by atoms with van der Waals surface area (Å²) in [7, 11) is 0. The zero-order valence-electron chi connectivity index (χ0n) is 8.75. The lowest BCUT2D eigenvalue weighted by molar-refractivity contribution is 0.195. The summed E-state index contributed by atoms with van der Waals surface area (Å²) in [6.07, 6.45) is 1.88. The van der Waals surface area contributed by atoms with E-state index in [2.05, 4.69) is 46.6 Å². The minimum absolute atomic E-state index is 0.436. The van der Waals surface area contributed by atoms with Crippen molar-refractivity contribution in [3.8, 4) is 0 Å². The molecule has 0 saturated carbocycles. The molecular weight excluding hydrogens is 260 g/mol. The topological polar surface area (TPSA) is 16.1 Å². The van der Waals surface area contributed by atoms with Gasteiger partial charge in [-0.1, -0.05) is 32.1 Å². The third kappa shape index (κ3) is 1.96. The lowest BCUT2D eigenvalue weighted by Gasteiger charge is -2.46. The van der Waals surface area contributed by atoms with E-state index in [4.69, 9.17) is 0 Å². The highest BCUT2D eigenvalue weighted by Crippen LogP contribution is 2.38. The van der Waals surface area contributed by atoms with Gasteiger partial charge in [0.15, 0.2) is 5.13 Å². The van der Waals surface area contributed by atoms with Gasteiger partial charge in [0.25, 0.3) is 0 Å². The first-order valence-electron chi connectivity index (χ1n) is 4.83. The number of hydrogen-bond donors (Lipinski definition) is 0. The molecular formula is C10H15BrN2S. The van der Waals surface area contributed by atoms with Crippen molar-refractivity contribution in [3.63, 3.8) is 0 Å². The second kappa shape index (κ2) is 3.49. The van der Waals surface area contributed by atoms with Crippen molar-refractivity contribution in [2.45, 2.75) is 20.8 Å². The summed E-state index contributed by atoms with van der Waals surface area (Å²) in [6.45, 7) is 9.25. The predicted molar refractivity (Wildman–Crippen MR) is 65.0 cm³/mol. The smallest absolute Gasteiger partial charge is 0.186 e. The van der Waals surface area contributed by atoms with Crippen LogP contribution in [0.5, 0.6) is 0 Å². The molecule has 0 spiro atoms. The van der Waals surface area contributed by atoms with Crippen LogP contribution in [0.4, 0.5) is 5.13 Å². The van der Waals surface area contributed by atoms with Gasteiger partial charge in [0.2, 0.25) is 0 Å². The largest absolute Gasteiger partial charge is 0.347 e. The van der Waals surface area contributed by atoms with Crippen LogP contribution in [0, 0.1) is 11.3 Å². The van der Waals surface area contributed by atoms with Crippen molar-refractivity contribution >= 4 is 32.4 Å². The van der Waals surface area contributed by atoms with Crippen molar-refractivity contribution in [3.05, 3.63) is 9.98 Å². The molecule has 14 heavy (non-hydrogen) atoms. The minimum Gasteiger partial charge on any atom is -0.347 e. The van der Waals surface area contributed by atoms with Gasteiger partial charge in [0, 0.05) is 13.1 Å². The van der Waals surface area contributed by atoms with E-state index >= 15 is 0 Å². The molecule has 2 rings (SSSR count). The van der Waals surface area contributed by atoms with E-state index in [-0.39, 0.29) is 0 Å². The molecule has 0 N–H and O–H groups in total.